The molecule has 2 rings (SSSR count). The molecule has 5 heteroatoms. The van der Waals surface area contributed by atoms with Gasteiger partial charge >= 0.3 is 0 Å². The molecule has 0 aliphatic heterocycles. The van der Waals surface area contributed by atoms with Gasteiger partial charge in [0.05, 0.1) is 0 Å². The lowest BCUT2D eigenvalue weighted by molar-refractivity contribution is 0.625. The zero-order chi connectivity index (χ0) is 15.1. The Morgan fingerprint density at radius 2 is 1.95 bits per heavy atom. The number of rotatable bonds is 4. The van der Waals surface area contributed by atoms with Crippen molar-refractivity contribution in [3.05, 3.63) is 65.5 Å². The normalized spacial score (nSPS) is 11.3. The molecule has 21 heavy (non-hydrogen) atoms. The van der Waals surface area contributed by atoms with Crippen molar-refractivity contribution >= 4 is 11.6 Å². The lowest BCUT2D eigenvalue weighted by Crippen LogP contribution is -2.36. The first-order chi connectivity index (χ1) is 10.2. The van der Waals surface area contributed by atoms with Crippen LogP contribution in [-0.4, -0.2) is 12.5 Å². The number of hydrogen-bond donors (Lipinski definition) is 3. The van der Waals surface area contributed by atoms with Gasteiger partial charge in [0, 0.05) is 12.2 Å². The molecule has 0 fully saturated rings. The van der Waals surface area contributed by atoms with Gasteiger partial charge in [0.15, 0.2) is 0 Å². The van der Waals surface area contributed by atoms with Crippen LogP contribution in [-0.2, 0) is 6.42 Å². The molecule has 0 unspecified atom stereocenters. The fourth-order valence-electron chi connectivity index (χ4n) is 2.01. The van der Waals surface area contributed by atoms with Gasteiger partial charge in [-0.05, 0) is 48.7 Å². The maximum Gasteiger partial charge on any atom is 0.210 e. The van der Waals surface area contributed by atoms with E-state index in [1.165, 1.54) is 12.1 Å². The molecular weight excluding hydrogens is 267 g/mol. The summed E-state index contributed by atoms with van der Waals surface area (Å²) < 4.78 is 13.0. The van der Waals surface area contributed by atoms with Gasteiger partial charge in [0.25, 0.3) is 0 Å². The van der Waals surface area contributed by atoms with Crippen molar-refractivity contribution in [2.45, 2.75) is 13.3 Å². The highest BCUT2D eigenvalue weighted by molar-refractivity contribution is 5.93. The van der Waals surface area contributed by atoms with Crippen LogP contribution >= 0.6 is 0 Å². The van der Waals surface area contributed by atoms with E-state index in [1.54, 1.807) is 6.07 Å². The first-order valence-corrected chi connectivity index (χ1v) is 6.77. The molecule has 4 N–H and O–H groups in total. The lowest BCUT2D eigenvalue weighted by atomic mass is 10.1. The average molecular weight is 286 g/mol. The number of halogens is 1. The fourth-order valence-corrected chi connectivity index (χ4v) is 2.01. The minimum Gasteiger partial charge on any atom is -0.325 e. The van der Waals surface area contributed by atoms with Crippen LogP contribution in [0.4, 0.5) is 10.1 Å². The number of hydrogen-bond acceptors (Lipinski definition) is 2. The molecule has 0 spiro atoms. The minimum atomic E-state index is -0.213. The Labute approximate surface area is 123 Å². The molecule has 0 saturated carbocycles. The molecule has 0 atom stereocenters. The zero-order valence-electron chi connectivity index (χ0n) is 11.9. The van der Waals surface area contributed by atoms with Crippen LogP contribution in [0.3, 0.4) is 0 Å². The van der Waals surface area contributed by atoms with Gasteiger partial charge in [0.1, 0.15) is 5.82 Å². The summed E-state index contributed by atoms with van der Waals surface area (Å²) in [6.45, 7) is 2.46. The third kappa shape index (κ3) is 4.57. The number of guanidine groups is 1. The van der Waals surface area contributed by atoms with E-state index in [2.05, 4.69) is 15.7 Å². The van der Waals surface area contributed by atoms with Crippen LogP contribution in [0.25, 0.3) is 0 Å². The fraction of sp³-hybridized carbons (Fsp3) is 0.188. The second-order valence-corrected chi connectivity index (χ2v) is 4.69. The van der Waals surface area contributed by atoms with E-state index in [4.69, 9.17) is 5.84 Å². The Kier molecular flexibility index (Phi) is 5.29. The predicted molar refractivity (Wildman–Crippen MR) is 84.5 cm³/mol. The highest BCUT2D eigenvalue weighted by Crippen LogP contribution is 2.11. The summed E-state index contributed by atoms with van der Waals surface area (Å²) in [6.07, 6.45) is 0.730. The highest BCUT2D eigenvalue weighted by atomic mass is 19.1. The van der Waals surface area contributed by atoms with Crippen molar-refractivity contribution < 1.29 is 4.39 Å². The quantitative estimate of drug-likeness (QED) is 0.350. The molecule has 0 heterocycles. The van der Waals surface area contributed by atoms with Crippen LogP contribution in [0, 0.1) is 12.7 Å². The number of aryl methyl sites for hydroxylation is 1. The van der Waals surface area contributed by atoms with E-state index in [0.717, 1.165) is 23.2 Å². The smallest absolute Gasteiger partial charge is 0.210 e. The van der Waals surface area contributed by atoms with Crippen LogP contribution in [0.2, 0.25) is 0 Å². The molecule has 2 aromatic carbocycles. The van der Waals surface area contributed by atoms with Crippen molar-refractivity contribution in [1.29, 1.82) is 0 Å². The Bertz CT molecular complexity index is 611. The molecule has 0 saturated heterocycles. The van der Waals surface area contributed by atoms with E-state index < -0.39 is 0 Å². The minimum absolute atomic E-state index is 0.213. The number of hydrazine groups is 1. The number of aliphatic imine (C=N–C) groups is 1. The number of para-hydroxylation sites is 1. The van der Waals surface area contributed by atoms with E-state index in [0.29, 0.717) is 12.5 Å². The largest absolute Gasteiger partial charge is 0.325 e. The second kappa shape index (κ2) is 7.40. The maximum atomic E-state index is 13.0. The Hall–Kier alpha value is -2.40. The van der Waals surface area contributed by atoms with E-state index >= 15 is 0 Å². The standard InChI is InChI=1S/C16H19FN4/c1-12-11-14(17)8-7-13(12)9-10-19-16(21-18)20-15-5-3-2-4-6-15/h2-8,11H,9-10,18H2,1H3,(H2,19,20,21). The summed E-state index contributed by atoms with van der Waals surface area (Å²) in [6, 6.07) is 14.4. The monoisotopic (exact) mass is 286 g/mol. The van der Waals surface area contributed by atoms with E-state index in [-0.39, 0.29) is 5.82 Å². The first-order valence-electron chi connectivity index (χ1n) is 6.77. The zero-order valence-corrected chi connectivity index (χ0v) is 11.9. The third-order valence-corrected chi connectivity index (χ3v) is 3.13. The molecule has 0 aliphatic carbocycles. The summed E-state index contributed by atoms with van der Waals surface area (Å²) in [5, 5.41) is 3.09. The van der Waals surface area contributed by atoms with Gasteiger partial charge in [-0.25, -0.2) is 10.2 Å². The summed E-state index contributed by atoms with van der Waals surface area (Å²) in [5.41, 5.74) is 5.46. The van der Waals surface area contributed by atoms with E-state index in [9.17, 15) is 4.39 Å². The number of nitrogens with two attached hydrogens (primary N) is 1. The van der Waals surface area contributed by atoms with Gasteiger partial charge in [-0.3, -0.25) is 10.4 Å². The maximum absolute atomic E-state index is 13.0. The van der Waals surface area contributed by atoms with Gasteiger partial charge in [-0.2, -0.15) is 0 Å². The molecule has 2 aromatic rings. The van der Waals surface area contributed by atoms with Crippen molar-refractivity contribution in [3.8, 4) is 0 Å². The topological polar surface area (TPSA) is 62.4 Å². The van der Waals surface area contributed by atoms with Crippen LogP contribution in [0.1, 0.15) is 11.1 Å². The molecule has 0 radical (unpaired) electrons. The molecular formula is C16H19FN4. The average Bonchev–Trinajstić information content (AvgIpc) is 2.49. The molecule has 0 amide bonds. The number of anilines is 1. The summed E-state index contributed by atoms with van der Waals surface area (Å²) in [7, 11) is 0. The first kappa shape index (κ1) is 15.0. The Morgan fingerprint density at radius 1 is 1.19 bits per heavy atom. The molecule has 110 valence electrons. The van der Waals surface area contributed by atoms with E-state index in [1.807, 2.05) is 37.3 Å². The van der Waals surface area contributed by atoms with Crippen LogP contribution in [0.15, 0.2) is 53.5 Å². The summed E-state index contributed by atoms with van der Waals surface area (Å²) in [4.78, 5) is 4.37. The number of nitrogens with one attached hydrogen (secondary N) is 2. The van der Waals surface area contributed by atoms with Crippen molar-refractivity contribution in [2.24, 2.45) is 10.8 Å². The lowest BCUT2D eigenvalue weighted by Gasteiger charge is -2.09. The SMILES string of the molecule is Cc1cc(F)ccc1CCN=C(NN)Nc1ccccc1. The van der Waals surface area contributed by atoms with Crippen LogP contribution < -0.4 is 16.6 Å². The van der Waals surface area contributed by atoms with Crippen LogP contribution in [0.5, 0.6) is 0 Å². The number of nitrogens with zero attached hydrogens (tertiary/aromatic N) is 1. The predicted octanol–water partition coefficient (Wildman–Crippen LogP) is 2.61. The third-order valence-electron chi connectivity index (χ3n) is 3.13. The highest BCUT2D eigenvalue weighted by Gasteiger charge is 2.01. The van der Waals surface area contributed by atoms with Gasteiger partial charge in [-0.15, -0.1) is 0 Å². The van der Waals surface area contributed by atoms with Gasteiger partial charge < -0.3 is 5.32 Å². The molecule has 4 nitrogen and oxygen atoms in total. The Balaban J connectivity index is 1.95. The van der Waals surface area contributed by atoms with Crippen molar-refractivity contribution in [2.75, 3.05) is 11.9 Å². The summed E-state index contributed by atoms with van der Waals surface area (Å²) in [5.74, 6) is 5.74. The Morgan fingerprint density at radius 3 is 2.62 bits per heavy atom. The molecule has 0 bridgehead atoms. The molecule has 0 aromatic heterocycles. The van der Waals surface area contributed by atoms with Gasteiger partial charge in [-0.1, -0.05) is 24.3 Å². The van der Waals surface area contributed by atoms with Crippen molar-refractivity contribution in [3.63, 3.8) is 0 Å². The van der Waals surface area contributed by atoms with Crippen molar-refractivity contribution in [1.82, 2.24) is 5.43 Å². The second-order valence-electron chi connectivity index (χ2n) is 4.69. The van der Waals surface area contributed by atoms with Gasteiger partial charge in [0.2, 0.25) is 5.96 Å². The number of benzene rings is 2. The summed E-state index contributed by atoms with van der Waals surface area (Å²) >= 11 is 0. The molecule has 0 aliphatic rings.